The third-order valence-corrected chi connectivity index (χ3v) is 5.95. The molecule has 0 spiro atoms. The van der Waals surface area contributed by atoms with E-state index in [2.05, 4.69) is 5.32 Å². The van der Waals surface area contributed by atoms with Crippen LogP contribution in [0.15, 0.2) is 42.5 Å². The number of nitriles is 1. The van der Waals surface area contributed by atoms with Crippen LogP contribution in [0.25, 0.3) is 0 Å². The standard InChI is InChI=1S/C23H23F3N4O2S/c1-22(2)20(32)30(17-6-5-16(14-27)19(13-17)23(24,25)26)21(33)29(22)12-11-28-10-9-15-3-7-18(31)8-4-15/h3-8,13,28,31H,9-12H2,1-2H3. The highest BCUT2D eigenvalue weighted by Gasteiger charge is 2.49. The first-order valence-electron chi connectivity index (χ1n) is 10.2. The third-order valence-electron chi connectivity index (χ3n) is 5.55. The zero-order chi connectivity index (χ0) is 24.4. The lowest BCUT2D eigenvalue weighted by molar-refractivity contribution is -0.137. The van der Waals surface area contributed by atoms with E-state index in [9.17, 15) is 23.1 Å². The molecule has 3 rings (SSSR count). The molecule has 0 bridgehead atoms. The van der Waals surface area contributed by atoms with E-state index in [1.807, 2.05) is 12.1 Å². The molecule has 0 aliphatic carbocycles. The van der Waals surface area contributed by atoms with Crippen molar-refractivity contribution in [2.75, 3.05) is 24.5 Å². The monoisotopic (exact) mass is 476 g/mol. The Kier molecular flexibility index (Phi) is 6.95. The Morgan fingerprint density at radius 2 is 1.82 bits per heavy atom. The molecule has 10 heteroatoms. The average molecular weight is 477 g/mol. The largest absolute Gasteiger partial charge is 0.508 e. The summed E-state index contributed by atoms with van der Waals surface area (Å²) >= 11 is 5.47. The molecule has 2 N–H and O–H groups in total. The van der Waals surface area contributed by atoms with Gasteiger partial charge in [0.1, 0.15) is 11.3 Å². The van der Waals surface area contributed by atoms with Crippen LogP contribution in [0.2, 0.25) is 0 Å². The Labute approximate surface area is 195 Å². The fourth-order valence-electron chi connectivity index (χ4n) is 3.65. The van der Waals surface area contributed by atoms with Gasteiger partial charge in [-0.05, 0) is 74.9 Å². The zero-order valence-corrected chi connectivity index (χ0v) is 18.9. The highest BCUT2D eigenvalue weighted by Crippen LogP contribution is 2.37. The van der Waals surface area contributed by atoms with Crippen molar-refractivity contribution in [1.29, 1.82) is 5.26 Å². The Bertz CT molecular complexity index is 1090. The maximum atomic E-state index is 13.4. The molecule has 1 aliphatic heterocycles. The van der Waals surface area contributed by atoms with E-state index in [0.717, 1.165) is 29.0 Å². The fraction of sp³-hybridized carbons (Fsp3) is 0.348. The summed E-state index contributed by atoms with van der Waals surface area (Å²) in [7, 11) is 0. The van der Waals surface area contributed by atoms with Crippen LogP contribution in [0.1, 0.15) is 30.5 Å². The summed E-state index contributed by atoms with van der Waals surface area (Å²) < 4.78 is 40.2. The number of thiocarbonyl (C=S) groups is 1. The van der Waals surface area contributed by atoms with E-state index in [4.69, 9.17) is 17.5 Å². The van der Waals surface area contributed by atoms with Crippen molar-refractivity contribution in [2.45, 2.75) is 32.0 Å². The topological polar surface area (TPSA) is 79.6 Å². The number of phenols is 1. The van der Waals surface area contributed by atoms with Gasteiger partial charge in [0.15, 0.2) is 5.11 Å². The Morgan fingerprint density at radius 3 is 2.42 bits per heavy atom. The Hall–Kier alpha value is -3.16. The maximum absolute atomic E-state index is 13.4. The number of nitrogens with one attached hydrogen (secondary N) is 1. The third kappa shape index (κ3) is 5.10. The lowest BCUT2D eigenvalue weighted by atomic mass is 10.0. The minimum absolute atomic E-state index is 0.0211. The molecule has 0 radical (unpaired) electrons. The summed E-state index contributed by atoms with van der Waals surface area (Å²) in [5.74, 6) is -0.232. The quantitative estimate of drug-likeness (QED) is 0.467. The predicted octanol–water partition coefficient (Wildman–Crippen LogP) is 3.83. The highest BCUT2D eigenvalue weighted by atomic mass is 32.1. The molecule has 1 heterocycles. The van der Waals surface area contributed by atoms with E-state index in [1.165, 1.54) is 12.1 Å². The van der Waals surface area contributed by atoms with Crippen LogP contribution in [0.4, 0.5) is 18.9 Å². The van der Waals surface area contributed by atoms with E-state index in [0.29, 0.717) is 19.6 Å². The van der Waals surface area contributed by atoms with Crippen LogP contribution in [-0.2, 0) is 17.4 Å². The van der Waals surface area contributed by atoms with E-state index in [1.54, 1.807) is 30.9 Å². The van der Waals surface area contributed by atoms with Gasteiger partial charge in [-0.2, -0.15) is 18.4 Å². The van der Waals surface area contributed by atoms with E-state index in [-0.39, 0.29) is 16.5 Å². The summed E-state index contributed by atoms with van der Waals surface area (Å²) in [6.45, 7) is 4.89. The van der Waals surface area contributed by atoms with Gasteiger partial charge in [-0.3, -0.25) is 9.69 Å². The van der Waals surface area contributed by atoms with Gasteiger partial charge in [-0.15, -0.1) is 0 Å². The number of rotatable bonds is 7. The van der Waals surface area contributed by atoms with Crippen molar-refractivity contribution >= 4 is 28.9 Å². The molecule has 174 valence electrons. The van der Waals surface area contributed by atoms with Crippen molar-refractivity contribution in [2.24, 2.45) is 0 Å². The van der Waals surface area contributed by atoms with Gasteiger partial charge in [-0.25, -0.2) is 0 Å². The second-order valence-corrected chi connectivity index (χ2v) is 8.50. The zero-order valence-electron chi connectivity index (χ0n) is 18.1. The van der Waals surface area contributed by atoms with Gasteiger partial charge in [0, 0.05) is 13.1 Å². The minimum Gasteiger partial charge on any atom is -0.508 e. The first-order chi connectivity index (χ1) is 15.5. The molecule has 2 aromatic carbocycles. The van der Waals surface area contributed by atoms with Crippen LogP contribution in [0, 0.1) is 11.3 Å². The van der Waals surface area contributed by atoms with E-state index >= 15 is 0 Å². The Morgan fingerprint density at radius 1 is 1.15 bits per heavy atom. The number of carbonyl (C=O) groups is 1. The SMILES string of the molecule is CC1(C)C(=O)N(c2ccc(C#N)c(C(F)(F)F)c2)C(=S)N1CCNCCc1ccc(O)cc1. The first kappa shape index (κ1) is 24.5. The highest BCUT2D eigenvalue weighted by molar-refractivity contribution is 7.80. The number of phenolic OH excluding ortho intramolecular Hbond substituents is 1. The molecule has 1 fully saturated rings. The number of aromatic hydroxyl groups is 1. The molecular weight excluding hydrogens is 453 g/mol. The summed E-state index contributed by atoms with van der Waals surface area (Å²) in [5.41, 5.74) is -1.63. The van der Waals surface area contributed by atoms with Crippen LogP contribution in [0.3, 0.4) is 0 Å². The number of benzene rings is 2. The number of hydrogen-bond acceptors (Lipinski definition) is 5. The van der Waals surface area contributed by atoms with Crippen LogP contribution in [0.5, 0.6) is 5.75 Å². The molecule has 0 unspecified atom stereocenters. The number of alkyl halides is 3. The molecule has 0 atom stereocenters. The van der Waals surface area contributed by atoms with Crippen LogP contribution in [-0.4, -0.2) is 46.2 Å². The summed E-state index contributed by atoms with van der Waals surface area (Å²) in [5, 5.41) is 21.7. The predicted molar refractivity (Wildman–Crippen MR) is 122 cm³/mol. The van der Waals surface area contributed by atoms with Crippen molar-refractivity contribution in [1.82, 2.24) is 10.2 Å². The smallest absolute Gasteiger partial charge is 0.417 e. The van der Waals surface area contributed by atoms with Crippen LogP contribution < -0.4 is 10.2 Å². The van der Waals surface area contributed by atoms with Crippen molar-refractivity contribution < 1.29 is 23.1 Å². The lowest BCUT2D eigenvalue weighted by Crippen LogP contribution is -2.47. The lowest BCUT2D eigenvalue weighted by Gasteiger charge is -2.29. The van der Waals surface area contributed by atoms with Crippen molar-refractivity contribution in [3.05, 3.63) is 59.2 Å². The first-order valence-corrected chi connectivity index (χ1v) is 10.6. The maximum Gasteiger partial charge on any atom is 0.417 e. The minimum atomic E-state index is -4.73. The summed E-state index contributed by atoms with van der Waals surface area (Å²) in [4.78, 5) is 15.9. The van der Waals surface area contributed by atoms with Crippen LogP contribution >= 0.6 is 12.2 Å². The molecule has 2 aromatic rings. The van der Waals surface area contributed by atoms with Gasteiger partial charge in [0.2, 0.25) is 0 Å². The van der Waals surface area contributed by atoms with Gasteiger partial charge in [-0.1, -0.05) is 12.1 Å². The second-order valence-electron chi connectivity index (χ2n) is 8.14. The van der Waals surface area contributed by atoms with Crippen molar-refractivity contribution in [3.63, 3.8) is 0 Å². The molecule has 6 nitrogen and oxygen atoms in total. The van der Waals surface area contributed by atoms with Gasteiger partial charge >= 0.3 is 6.18 Å². The number of nitrogens with zero attached hydrogens (tertiary/aromatic N) is 3. The molecule has 1 saturated heterocycles. The summed E-state index contributed by atoms with van der Waals surface area (Å²) in [6, 6.07) is 11.6. The number of amides is 1. The molecule has 0 aromatic heterocycles. The normalized spacial score (nSPS) is 15.8. The molecular formula is C23H23F3N4O2S. The number of hydrogen-bond donors (Lipinski definition) is 2. The Balaban J connectivity index is 1.69. The summed E-state index contributed by atoms with van der Waals surface area (Å²) in [6.07, 6.45) is -3.99. The number of carbonyl (C=O) groups excluding carboxylic acids is 1. The molecule has 1 amide bonds. The number of anilines is 1. The van der Waals surface area contributed by atoms with Gasteiger partial charge in [0.05, 0.1) is 22.9 Å². The fourth-order valence-corrected chi connectivity index (χ4v) is 4.16. The molecule has 0 saturated carbocycles. The average Bonchev–Trinajstić information content (AvgIpc) is 2.92. The molecule has 1 aliphatic rings. The van der Waals surface area contributed by atoms with Crippen molar-refractivity contribution in [3.8, 4) is 11.8 Å². The molecule has 33 heavy (non-hydrogen) atoms. The van der Waals surface area contributed by atoms with Gasteiger partial charge < -0.3 is 15.3 Å². The number of halogens is 3. The van der Waals surface area contributed by atoms with E-state index < -0.39 is 28.7 Å². The van der Waals surface area contributed by atoms with Gasteiger partial charge in [0.25, 0.3) is 5.91 Å². The second kappa shape index (κ2) is 9.37.